The lowest BCUT2D eigenvalue weighted by Gasteiger charge is -2.17. The van der Waals surface area contributed by atoms with Gasteiger partial charge in [-0.05, 0) is 48.2 Å². The molecule has 0 fully saturated rings. The van der Waals surface area contributed by atoms with E-state index in [9.17, 15) is 10.1 Å². The number of carbonyl (C=O) groups excluding carboxylic acids is 1. The van der Waals surface area contributed by atoms with Crippen LogP contribution in [0.4, 0.5) is 5.82 Å². The number of hydrogen-bond acceptors (Lipinski definition) is 5. The van der Waals surface area contributed by atoms with E-state index in [0.717, 1.165) is 22.2 Å². The van der Waals surface area contributed by atoms with Crippen molar-refractivity contribution < 1.29 is 4.79 Å². The molecule has 0 saturated heterocycles. The molecule has 7 nitrogen and oxygen atoms in total. The topological polar surface area (TPSA) is 85.8 Å². The van der Waals surface area contributed by atoms with Crippen molar-refractivity contribution in [1.82, 2.24) is 14.7 Å². The van der Waals surface area contributed by atoms with Crippen molar-refractivity contribution in [3.8, 4) is 6.07 Å². The van der Waals surface area contributed by atoms with Crippen LogP contribution in [0.25, 0.3) is 5.52 Å². The van der Waals surface area contributed by atoms with Gasteiger partial charge in [0.15, 0.2) is 5.82 Å². The van der Waals surface area contributed by atoms with Crippen LogP contribution in [-0.4, -0.2) is 28.1 Å². The third-order valence-electron chi connectivity index (χ3n) is 5.17. The van der Waals surface area contributed by atoms with Gasteiger partial charge in [-0.3, -0.25) is 4.79 Å². The van der Waals surface area contributed by atoms with Gasteiger partial charge in [0.05, 0.1) is 17.8 Å². The lowest BCUT2D eigenvalue weighted by atomic mass is 9.95. The van der Waals surface area contributed by atoms with E-state index in [0.29, 0.717) is 24.0 Å². The smallest absolute Gasteiger partial charge is 0.252 e. The van der Waals surface area contributed by atoms with E-state index in [2.05, 4.69) is 35.3 Å². The molecule has 1 aliphatic heterocycles. The fourth-order valence-corrected chi connectivity index (χ4v) is 3.69. The summed E-state index contributed by atoms with van der Waals surface area (Å²) in [5.74, 6) is 0.977. The second-order valence-corrected chi connectivity index (χ2v) is 7.34. The van der Waals surface area contributed by atoms with E-state index >= 15 is 0 Å². The first-order chi connectivity index (χ1) is 14.0. The number of amides is 1. The van der Waals surface area contributed by atoms with Gasteiger partial charge in [0, 0.05) is 24.5 Å². The van der Waals surface area contributed by atoms with Crippen LogP contribution in [0.2, 0.25) is 0 Å². The molecule has 2 aromatic heterocycles. The summed E-state index contributed by atoms with van der Waals surface area (Å²) in [6.45, 7) is 6.81. The van der Waals surface area contributed by atoms with Gasteiger partial charge >= 0.3 is 0 Å². The van der Waals surface area contributed by atoms with E-state index in [1.807, 2.05) is 31.2 Å². The van der Waals surface area contributed by atoms with Crippen LogP contribution in [0.1, 0.15) is 54.0 Å². The van der Waals surface area contributed by atoms with E-state index in [-0.39, 0.29) is 11.9 Å². The molecule has 0 saturated carbocycles. The quantitative estimate of drug-likeness (QED) is 0.537. The summed E-state index contributed by atoms with van der Waals surface area (Å²) in [5, 5.41) is 18.7. The van der Waals surface area contributed by atoms with Crippen molar-refractivity contribution in [2.45, 2.75) is 26.8 Å². The molecule has 1 unspecified atom stereocenters. The zero-order valence-electron chi connectivity index (χ0n) is 16.6. The molecule has 29 heavy (non-hydrogen) atoms. The molecule has 7 heteroatoms. The van der Waals surface area contributed by atoms with Gasteiger partial charge in [-0.1, -0.05) is 19.9 Å². The predicted molar refractivity (Wildman–Crippen MR) is 112 cm³/mol. The van der Waals surface area contributed by atoms with Crippen molar-refractivity contribution in [2.75, 3.05) is 11.6 Å². The first kappa shape index (κ1) is 18.7. The highest BCUT2D eigenvalue weighted by Gasteiger charge is 2.30. The van der Waals surface area contributed by atoms with Crippen LogP contribution in [-0.2, 0) is 0 Å². The minimum atomic E-state index is -0.0187. The van der Waals surface area contributed by atoms with E-state index in [1.54, 1.807) is 34.1 Å². The number of benzene rings is 1. The van der Waals surface area contributed by atoms with Gasteiger partial charge in [0.1, 0.15) is 11.8 Å². The van der Waals surface area contributed by atoms with E-state index in [1.165, 1.54) is 0 Å². The molecular formula is C22H22N6O. The van der Waals surface area contributed by atoms with Crippen LogP contribution in [0, 0.1) is 17.2 Å². The number of carbonyl (C=O) groups is 1. The molecule has 3 aromatic rings. The van der Waals surface area contributed by atoms with Crippen LogP contribution in [0.15, 0.2) is 47.8 Å². The second kappa shape index (κ2) is 7.40. The Morgan fingerprint density at radius 1 is 1.38 bits per heavy atom. The summed E-state index contributed by atoms with van der Waals surface area (Å²) in [6.07, 6.45) is 5.22. The minimum Gasteiger partial charge on any atom is -0.345 e. The fraction of sp³-hybridized carbons (Fsp3) is 0.273. The Hall–Kier alpha value is -3.66. The molecule has 1 aromatic carbocycles. The highest BCUT2D eigenvalue weighted by molar-refractivity contribution is 6.00. The van der Waals surface area contributed by atoms with Crippen molar-refractivity contribution in [1.29, 1.82) is 5.26 Å². The highest BCUT2D eigenvalue weighted by Crippen LogP contribution is 2.31. The molecule has 1 N–H and O–H groups in total. The Morgan fingerprint density at radius 2 is 2.21 bits per heavy atom. The molecular weight excluding hydrogens is 364 g/mol. The maximum absolute atomic E-state index is 12.2. The SMILES string of the molecule is CCN(/N=C/c1ccc2c(c1)C(C(C)C)NC2=O)c1nccn2c(C#N)ccc12. The summed E-state index contributed by atoms with van der Waals surface area (Å²) in [7, 11) is 0. The standard InChI is InChI=1S/C22H22N6O/c1-4-28(21-19-8-6-16(12-23)27(19)10-9-24-21)25-13-15-5-7-17-18(11-15)20(14(2)3)26-22(17)29/h5-11,13-14,20H,4H2,1-3H3,(H,26,29)/b25-13+. The molecule has 0 radical (unpaired) electrons. The van der Waals surface area contributed by atoms with Gasteiger partial charge < -0.3 is 9.72 Å². The second-order valence-electron chi connectivity index (χ2n) is 7.34. The Morgan fingerprint density at radius 3 is 2.93 bits per heavy atom. The number of fused-ring (bicyclic) bond motifs is 2. The average molecular weight is 386 g/mol. The van der Waals surface area contributed by atoms with Gasteiger partial charge in [-0.25, -0.2) is 9.99 Å². The highest BCUT2D eigenvalue weighted by atomic mass is 16.2. The molecule has 0 aliphatic carbocycles. The summed E-state index contributed by atoms with van der Waals surface area (Å²) >= 11 is 0. The van der Waals surface area contributed by atoms with Gasteiger partial charge in [0.25, 0.3) is 5.91 Å². The number of rotatable bonds is 5. The lowest BCUT2D eigenvalue weighted by Crippen LogP contribution is -2.22. The van der Waals surface area contributed by atoms with Gasteiger partial charge in [-0.15, -0.1) is 0 Å². The largest absolute Gasteiger partial charge is 0.345 e. The number of aromatic nitrogens is 2. The van der Waals surface area contributed by atoms with Crippen LogP contribution < -0.4 is 10.3 Å². The Bertz CT molecular complexity index is 1150. The third-order valence-corrected chi connectivity index (χ3v) is 5.17. The summed E-state index contributed by atoms with van der Waals surface area (Å²) in [6, 6.07) is 11.6. The van der Waals surface area contributed by atoms with Crippen molar-refractivity contribution in [3.05, 3.63) is 65.1 Å². The zero-order valence-corrected chi connectivity index (χ0v) is 16.6. The summed E-state index contributed by atoms with van der Waals surface area (Å²) < 4.78 is 1.81. The Labute approximate surface area is 169 Å². The number of nitrogens with zero attached hydrogens (tertiary/aromatic N) is 5. The molecule has 0 bridgehead atoms. The molecule has 1 amide bonds. The van der Waals surface area contributed by atoms with E-state index in [4.69, 9.17) is 0 Å². The maximum atomic E-state index is 12.2. The molecule has 146 valence electrons. The number of nitriles is 1. The number of hydrazone groups is 1. The van der Waals surface area contributed by atoms with E-state index < -0.39 is 0 Å². The summed E-state index contributed by atoms with van der Waals surface area (Å²) in [4.78, 5) is 16.6. The van der Waals surface area contributed by atoms with Crippen LogP contribution in [0.5, 0.6) is 0 Å². The first-order valence-corrected chi connectivity index (χ1v) is 9.66. The summed E-state index contributed by atoms with van der Waals surface area (Å²) in [5.41, 5.74) is 4.05. The first-order valence-electron chi connectivity index (χ1n) is 9.66. The number of hydrogen-bond donors (Lipinski definition) is 1. The van der Waals surface area contributed by atoms with Gasteiger partial charge in [-0.2, -0.15) is 10.4 Å². The molecule has 0 spiro atoms. The van der Waals surface area contributed by atoms with Crippen molar-refractivity contribution in [2.24, 2.45) is 11.0 Å². The molecule has 1 atom stereocenters. The lowest BCUT2D eigenvalue weighted by molar-refractivity contribution is 0.0949. The Balaban J connectivity index is 1.67. The predicted octanol–water partition coefficient (Wildman–Crippen LogP) is 3.51. The van der Waals surface area contributed by atoms with Crippen LogP contribution in [0.3, 0.4) is 0 Å². The molecule has 3 heterocycles. The Kier molecular flexibility index (Phi) is 4.77. The van der Waals surface area contributed by atoms with Crippen molar-refractivity contribution in [3.63, 3.8) is 0 Å². The zero-order chi connectivity index (χ0) is 20.5. The third kappa shape index (κ3) is 3.23. The number of anilines is 1. The number of nitrogens with one attached hydrogen (secondary N) is 1. The normalized spacial score (nSPS) is 15.7. The average Bonchev–Trinajstić information content (AvgIpc) is 3.29. The maximum Gasteiger partial charge on any atom is 0.252 e. The monoisotopic (exact) mass is 386 g/mol. The van der Waals surface area contributed by atoms with Crippen molar-refractivity contribution >= 4 is 23.5 Å². The van der Waals surface area contributed by atoms with Crippen LogP contribution >= 0.6 is 0 Å². The minimum absolute atomic E-state index is 0.0187. The fourth-order valence-electron chi connectivity index (χ4n) is 3.69. The molecule has 1 aliphatic rings. The van der Waals surface area contributed by atoms with Gasteiger partial charge in [0.2, 0.25) is 0 Å². The molecule has 4 rings (SSSR count).